The third-order valence-corrected chi connectivity index (χ3v) is 2.25. The summed E-state index contributed by atoms with van der Waals surface area (Å²) in [5.74, 6) is -0.554. The van der Waals surface area contributed by atoms with Gasteiger partial charge in [-0.25, -0.2) is 0 Å². The molecular formula is C13H22N2O3. The van der Waals surface area contributed by atoms with Crippen LogP contribution in [0.15, 0.2) is 17.3 Å². The first-order valence-corrected chi connectivity index (χ1v) is 6.18. The van der Waals surface area contributed by atoms with Crippen molar-refractivity contribution in [2.75, 3.05) is 13.7 Å². The van der Waals surface area contributed by atoms with Gasteiger partial charge >= 0.3 is 5.97 Å². The van der Waals surface area contributed by atoms with Gasteiger partial charge in [-0.3, -0.25) is 14.6 Å². The minimum absolute atomic E-state index is 0.174. The average Bonchev–Trinajstić information content (AvgIpc) is 2.38. The number of allylic oxidation sites excluding steroid dienone is 1. The van der Waals surface area contributed by atoms with E-state index in [-0.39, 0.29) is 24.8 Å². The fraction of sp³-hybridized carbons (Fsp3) is 0.615. The Balaban J connectivity index is 4.25. The molecule has 1 N–H and O–H groups in total. The van der Waals surface area contributed by atoms with Crippen molar-refractivity contribution >= 4 is 17.6 Å². The summed E-state index contributed by atoms with van der Waals surface area (Å²) in [5, 5.41) is 2.66. The minimum Gasteiger partial charge on any atom is -0.469 e. The number of aliphatic imine (C=N–C) groups is 1. The van der Waals surface area contributed by atoms with Gasteiger partial charge in [-0.15, -0.1) is 0 Å². The molecule has 0 aromatic carbocycles. The van der Waals surface area contributed by atoms with Crippen molar-refractivity contribution in [1.29, 1.82) is 0 Å². The van der Waals surface area contributed by atoms with Gasteiger partial charge in [0.25, 0.3) is 5.91 Å². The summed E-state index contributed by atoms with van der Waals surface area (Å²) < 4.78 is 4.49. The zero-order valence-corrected chi connectivity index (χ0v) is 11.4. The molecule has 0 spiro atoms. The molecule has 0 aliphatic carbocycles. The maximum atomic E-state index is 11.8. The maximum absolute atomic E-state index is 11.8. The first-order valence-electron chi connectivity index (χ1n) is 6.18. The summed E-state index contributed by atoms with van der Waals surface area (Å²) in [6.45, 7) is 4.17. The van der Waals surface area contributed by atoms with Crippen LogP contribution in [0.25, 0.3) is 0 Å². The van der Waals surface area contributed by atoms with E-state index in [1.54, 1.807) is 12.3 Å². The van der Waals surface area contributed by atoms with Crippen LogP contribution in [-0.2, 0) is 14.3 Å². The second-order valence-corrected chi connectivity index (χ2v) is 3.74. The molecule has 0 saturated heterocycles. The fourth-order valence-corrected chi connectivity index (χ4v) is 1.23. The third-order valence-electron chi connectivity index (χ3n) is 2.25. The second-order valence-electron chi connectivity index (χ2n) is 3.74. The zero-order chi connectivity index (χ0) is 13.8. The van der Waals surface area contributed by atoms with Crippen LogP contribution in [0.1, 0.15) is 39.5 Å². The molecule has 0 rings (SSSR count). The number of rotatable bonds is 8. The molecule has 0 aliphatic heterocycles. The molecule has 18 heavy (non-hydrogen) atoms. The molecule has 0 aliphatic rings. The molecule has 0 fully saturated rings. The lowest BCUT2D eigenvalue weighted by Crippen LogP contribution is -2.32. The first-order chi connectivity index (χ1) is 8.65. The van der Waals surface area contributed by atoms with Crippen LogP contribution >= 0.6 is 0 Å². The van der Waals surface area contributed by atoms with E-state index in [0.29, 0.717) is 12.1 Å². The number of nitrogens with one attached hydrogen (secondary N) is 1. The highest BCUT2D eigenvalue weighted by Crippen LogP contribution is 1.99. The molecule has 102 valence electrons. The molecule has 0 heterocycles. The monoisotopic (exact) mass is 254 g/mol. The second kappa shape index (κ2) is 10.5. The summed E-state index contributed by atoms with van der Waals surface area (Å²) >= 11 is 0. The fourth-order valence-electron chi connectivity index (χ4n) is 1.23. The number of unbranched alkanes of at least 4 members (excludes halogenated alkanes) is 1. The van der Waals surface area contributed by atoms with Gasteiger partial charge in [-0.05, 0) is 19.8 Å². The average molecular weight is 254 g/mol. The van der Waals surface area contributed by atoms with Gasteiger partial charge in [0.05, 0.1) is 13.5 Å². The molecule has 1 amide bonds. The molecule has 0 aromatic rings. The Hall–Kier alpha value is -1.65. The molecule has 5 nitrogen and oxygen atoms in total. The SMILES string of the molecule is C/C=C\N=C(CCCC)C(=O)NCCC(=O)OC. The van der Waals surface area contributed by atoms with E-state index in [2.05, 4.69) is 22.0 Å². The van der Waals surface area contributed by atoms with E-state index < -0.39 is 0 Å². The van der Waals surface area contributed by atoms with E-state index in [1.807, 2.05) is 6.92 Å². The number of carbonyl (C=O) groups excluding carboxylic acids is 2. The highest BCUT2D eigenvalue weighted by molar-refractivity contribution is 6.39. The van der Waals surface area contributed by atoms with Crippen LogP contribution in [0.3, 0.4) is 0 Å². The van der Waals surface area contributed by atoms with Crippen LogP contribution in [-0.4, -0.2) is 31.2 Å². The lowest BCUT2D eigenvalue weighted by molar-refractivity contribution is -0.140. The molecule has 0 aromatic heterocycles. The van der Waals surface area contributed by atoms with Gasteiger partial charge in [0.2, 0.25) is 0 Å². The number of hydrogen-bond donors (Lipinski definition) is 1. The quantitative estimate of drug-likeness (QED) is 0.531. The van der Waals surface area contributed by atoms with E-state index in [9.17, 15) is 9.59 Å². The Kier molecular flexibility index (Phi) is 9.54. The summed E-state index contributed by atoms with van der Waals surface area (Å²) in [6, 6.07) is 0. The van der Waals surface area contributed by atoms with Gasteiger partial charge in [-0.1, -0.05) is 19.4 Å². The number of hydrogen-bond acceptors (Lipinski definition) is 4. The number of nitrogens with zero attached hydrogens (tertiary/aromatic N) is 1. The summed E-state index contributed by atoms with van der Waals surface area (Å²) in [4.78, 5) is 26.8. The van der Waals surface area contributed by atoms with E-state index >= 15 is 0 Å². The first kappa shape index (κ1) is 16.4. The smallest absolute Gasteiger partial charge is 0.307 e. The van der Waals surface area contributed by atoms with Crippen molar-refractivity contribution in [1.82, 2.24) is 5.32 Å². The lowest BCUT2D eigenvalue weighted by Gasteiger charge is -2.06. The maximum Gasteiger partial charge on any atom is 0.307 e. The molecule has 0 saturated carbocycles. The van der Waals surface area contributed by atoms with E-state index in [1.165, 1.54) is 7.11 Å². The highest BCUT2D eigenvalue weighted by Gasteiger charge is 2.10. The van der Waals surface area contributed by atoms with Gasteiger partial charge < -0.3 is 10.1 Å². The van der Waals surface area contributed by atoms with Crippen molar-refractivity contribution in [3.63, 3.8) is 0 Å². The number of methoxy groups -OCH3 is 1. The third kappa shape index (κ3) is 7.60. The van der Waals surface area contributed by atoms with Crippen LogP contribution in [0.2, 0.25) is 0 Å². The summed E-state index contributed by atoms with van der Waals surface area (Å²) in [5.41, 5.74) is 0.500. The van der Waals surface area contributed by atoms with Crippen LogP contribution in [0.5, 0.6) is 0 Å². The van der Waals surface area contributed by atoms with Crippen LogP contribution in [0, 0.1) is 0 Å². The van der Waals surface area contributed by atoms with Gasteiger partial charge in [0.1, 0.15) is 5.71 Å². The van der Waals surface area contributed by atoms with Crippen molar-refractivity contribution in [3.05, 3.63) is 12.3 Å². The molecule has 0 radical (unpaired) electrons. The summed E-state index contributed by atoms with van der Waals surface area (Å²) in [6.07, 6.45) is 6.11. The highest BCUT2D eigenvalue weighted by atomic mass is 16.5. The number of amides is 1. The van der Waals surface area contributed by atoms with Crippen LogP contribution < -0.4 is 5.32 Å². The van der Waals surface area contributed by atoms with Crippen molar-refractivity contribution in [2.45, 2.75) is 39.5 Å². The Morgan fingerprint density at radius 3 is 2.61 bits per heavy atom. The Labute approximate surface area is 108 Å². The van der Waals surface area contributed by atoms with Gasteiger partial charge in [-0.2, -0.15) is 0 Å². The van der Waals surface area contributed by atoms with Crippen LogP contribution in [0.4, 0.5) is 0 Å². The number of carbonyl (C=O) groups is 2. The normalized spacial score (nSPS) is 11.6. The van der Waals surface area contributed by atoms with Gasteiger partial charge in [0, 0.05) is 12.7 Å². The number of esters is 1. The summed E-state index contributed by atoms with van der Waals surface area (Å²) in [7, 11) is 1.32. The van der Waals surface area contributed by atoms with E-state index in [0.717, 1.165) is 12.8 Å². The zero-order valence-electron chi connectivity index (χ0n) is 11.4. The molecular weight excluding hydrogens is 232 g/mol. The Morgan fingerprint density at radius 2 is 2.06 bits per heavy atom. The number of ether oxygens (including phenoxy) is 1. The topological polar surface area (TPSA) is 67.8 Å². The predicted molar refractivity (Wildman–Crippen MR) is 71.4 cm³/mol. The van der Waals surface area contributed by atoms with Gasteiger partial charge in [0.15, 0.2) is 0 Å². The largest absolute Gasteiger partial charge is 0.469 e. The minimum atomic E-state index is -0.337. The predicted octanol–water partition coefficient (Wildman–Crippen LogP) is 1.83. The van der Waals surface area contributed by atoms with Crippen molar-refractivity contribution in [2.24, 2.45) is 4.99 Å². The Morgan fingerprint density at radius 1 is 1.33 bits per heavy atom. The molecule has 5 heteroatoms. The lowest BCUT2D eigenvalue weighted by atomic mass is 10.1. The molecule has 0 atom stereocenters. The van der Waals surface area contributed by atoms with Crippen molar-refractivity contribution < 1.29 is 14.3 Å². The molecule has 0 bridgehead atoms. The van der Waals surface area contributed by atoms with Crippen molar-refractivity contribution in [3.8, 4) is 0 Å². The Bertz CT molecular complexity index is 322. The van der Waals surface area contributed by atoms with E-state index in [4.69, 9.17) is 0 Å². The molecule has 0 unspecified atom stereocenters. The standard InChI is InChI=1S/C13H22N2O3/c1-4-6-7-11(14-9-5-2)13(17)15-10-8-12(16)18-3/h5,9H,4,6-8,10H2,1-3H3,(H,15,17)/b9-5-,14-11?.